The Morgan fingerprint density at radius 1 is 1.29 bits per heavy atom. The number of anilines is 2. The van der Waals surface area contributed by atoms with Crippen LogP contribution in [0, 0.1) is 5.92 Å². The molecule has 0 unspecified atom stereocenters. The molecule has 2 fully saturated rings. The zero-order valence-electron chi connectivity index (χ0n) is 11.7. The molecule has 1 atom stereocenters. The summed E-state index contributed by atoms with van der Waals surface area (Å²) in [7, 11) is 0. The van der Waals surface area contributed by atoms with Gasteiger partial charge in [0.15, 0.2) is 0 Å². The highest BCUT2D eigenvalue weighted by molar-refractivity contribution is 6.33. The van der Waals surface area contributed by atoms with Crippen LogP contribution >= 0.6 is 11.6 Å². The third-order valence-electron chi connectivity index (χ3n) is 4.22. The largest absolute Gasteiger partial charge is 0.370 e. The molecule has 21 heavy (non-hydrogen) atoms. The van der Waals surface area contributed by atoms with Gasteiger partial charge in [0.2, 0.25) is 11.8 Å². The van der Waals surface area contributed by atoms with Gasteiger partial charge in [0.25, 0.3) is 0 Å². The maximum Gasteiger partial charge on any atom is 0.227 e. The molecule has 0 aromatic heterocycles. The van der Waals surface area contributed by atoms with Crippen molar-refractivity contribution in [1.29, 1.82) is 0 Å². The summed E-state index contributed by atoms with van der Waals surface area (Å²) in [5.41, 5.74) is 7.03. The van der Waals surface area contributed by atoms with Crippen molar-refractivity contribution in [2.45, 2.75) is 19.3 Å². The lowest BCUT2D eigenvalue weighted by Gasteiger charge is -2.22. The highest BCUT2D eigenvalue weighted by atomic mass is 35.5. The number of hydrogen-bond acceptors (Lipinski definition) is 3. The van der Waals surface area contributed by atoms with Crippen LogP contribution in [0.4, 0.5) is 11.4 Å². The van der Waals surface area contributed by atoms with E-state index in [1.54, 1.807) is 11.0 Å². The van der Waals surface area contributed by atoms with Crippen molar-refractivity contribution < 1.29 is 9.59 Å². The van der Waals surface area contributed by atoms with Crippen molar-refractivity contribution in [3.05, 3.63) is 23.2 Å². The normalized spacial score (nSPS) is 22.1. The number of amides is 2. The van der Waals surface area contributed by atoms with Crippen LogP contribution in [0.25, 0.3) is 0 Å². The summed E-state index contributed by atoms with van der Waals surface area (Å²) in [5, 5.41) is 0.643. The van der Waals surface area contributed by atoms with Crippen LogP contribution in [0.15, 0.2) is 18.2 Å². The number of nitrogens with zero attached hydrogens (tertiary/aromatic N) is 2. The number of carbonyl (C=O) groups excluding carboxylic acids is 2. The summed E-state index contributed by atoms with van der Waals surface area (Å²) in [6.45, 7) is 2.38. The molecule has 6 heteroatoms. The molecule has 5 nitrogen and oxygen atoms in total. The summed E-state index contributed by atoms with van der Waals surface area (Å²) < 4.78 is 0. The fourth-order valence-corrected chi connectivity index (χ4v) is 3.32. The van der Waals surface area contributed by atoms with Gasteiger partial charge in [-0.25, -0.2) is 0 Å². The summed E-state index contributed by atoms with van der Waals surface area (Å²) in [4.78, 5) is 27.1. The average molecular weight is 308 g/mol. The van der Waals surface area contributed by atoms with E-state index < -0.39 is 11.8 Å². The van der Waals surface area contributed by atoms with Crippen LogP contribution in [-0.4, -0.2) is 31.4 Å². The minimum absolute atomic E-state index is 0.0798. The van der Waals surface area contributed by atoms with E-state index in [0.29, 0.717) is 11.6 Å². The first-order valence-corrected chi connectivity index (χ1v) is 7.58. The van der Waals surface area contributed by atoms with Gasteiger partial charge in [0.05, 0.1) is 16.6 Å². The van der Waals surface area contributed by atoms with Crippen molar-refractivity contribution in [3.63, 3.8) is 0 Å². The van der Waals surface area contributed by atoms with Crippen LogP contribution < -0.4 is 15.5 Å². The van der Waals surface area contributed by atoms with Gasteiger partial charge in [-0.05, 0) is 31.0 Å². The molecule has 2 heterocycles. The van der Waals surface area contributed by atoms with E-state index in [0.717, 1.165) is 24.5 Å². The number of carbonyl (C=O) groups is 2. The van der Waals surface area contributed by atoms with Crippen LogP contribution in [0.3, 0.4) is 0 Å². The number of primary amides is 1. The Balaban J connectivity index is 1.82. The summed E-state index contributed by atoms with van der Waals surface area (Å²) in [6.07, 6.45) is 2.55. The van der Waals surface area contributed by atoms with Gasteiger partial charge < -0.3 is 15.5 Å². The van der Waals surface area contributed by atoms with Crippen LogP contribution in [0.2, 0.25) is 5.02 Å². The van der Waals surface area contributed by atoms with Gasteiger partial charge in [-0.2, -0.15) is 0 Å². The van der Waals surface area contributed by atoms with E-state index in [4.69, 9.17) is 17.3 Å². The van der Waals surface area contributed by atoms with E-state index in [1.165, 1.54) is 12.8 Å². The monoisotopic (exact) mass is 307 g/mol. The molecule has 1 aromatic carbocycles. The molecule has 2 N–H and O–H groups in total. The van der Waals surface area contributed by atoms with Crippen LogP contribution in [0.5, 0.6) is 0 Å². The number of benzene rings is 1. The standard InChI is InChI=1S/C15H18ClN3O2/c16-12-8-11(3-4-13(12)18-5-1-2-6-18)19-9-10(15(17)21)7-14(19)20/h3-4,8,10H,1-2,5-7,9H2,(H2,17,21)/t10-/m0/s1. The van der Waals surface area contributed by atoms with E-state index in [2.05, 4.69) is 4.90 Å². The first kappa shape index (κ1) is 14.2. The number of rotatable bonds is 3. The molecular formula is C15H18ClN3O2. The Morgan fingerprint density at radius 3 is 2.57 bits per heavy atom. The zero-order valence-corrected chi connectivity index (χ0v) is 12.5. The average Bonchev–Trinajstić information content (AvgIpc) is 3.07. The first-order chi connectivity index (χ1) is 10.1. The molecule has 2 amide bonds. The van der Waals surface area contributed by atoms with Crippen molar-refractivity contribution in [2.24, 2.45) is 11.7 Å². The lowest BCUT2D eigenvalue weighted by Crippen LogP contribution is -2.28. The molecule has 112 valence electrons. The topological polar surface area (TPSA) is 66.6 Å². The number of nitrogens with two attached hydrogens (primary N) is 1. The molecule has 1 aromatic rings. The second-order valence-corrected chi connectivity index (χ2v) is 6.04. The van der Waals surface area contributed by atoms with Crippen molar-refractivity contribution in [3.8, 4) is 0 Å². The summed E-state index contributed by atoms with van der Waals surface area (Å²) >= 11 is 6.36. The fraction of sp³-hybridized carbons (Fsp3) is 0.467. The maximum atomic E-state index is 12.0. The quantitative estimate of drug-likeness (QED) is 0.925. The minimum atomic E-state index is -0.425. The number of halogens is 1. The van der Waals surface area contributed by atoms with E-state index in [-0.39, 0.29) is 12.3 Å². The second-order valence-electron chi connectivity index (χ2n) is 5.64. The lowest BCUT2D eigenvalue weighted by atomic mass is 10.1. The highest BCUT2D eigenvalue weighted by Gasteiger charge is 2.34. The van der Waals surface area contributed by atoms with Gasteiger partial charge in [-0.1, -0.05) is 11.6 Å². The van der Waals surface area contributed by atoms with Crippen LogP contribution in [0.1, 0.15) is 19.3 Å². The summed E-state index contributed by atoms with van der Waals surface area (Å²) in [5.74, 6) is -0.913. The molecule has 0 radical (unpaired) electrons. The van der Waals surface area contributed by atoms with Gasteiger partial charge >= 0.3 is 0 Å². The smallest absolute Gasteiger partial charge is 0.227 e. The van der Waals surface area contributed by atoms with Crippen LogP contribution in [-0.2, 0) is 9.59 Å². The predicted octanol–water partition coefficient (Wildman–Crippen LogP) is 1.78. The third kappa shape index (κ3) is 2.70. The molecule has 2 aliphatic rings. The van der Waals surface area contributed by atoms with Crippen molar-refractivity contribution in [1.82, 2.24) is 0 Å². The molecule has 0 spiro atoms. The Bertz CT molecular complexity index is 584. The Morgan fingerprint density at radius 2 is 2.00 bits per heavy atom. The van der Waals surface area contributed by atoms with Gasteiger partial charge in [-0.3, -0.25) is 9.59 Å². The van der Waals surface area contributed by atoms with Crippen molar-refractivity contribution >= 4 is 34.8 Å². The van der Waals surface area contributed by atoms with E-state index >= 15 is 0 Å². The molecular weight excluding hydrogens is 290 g/mol. The number of hydrogen-bond donors (Lipinski definition) is 1. The molecule has 2 aliphatic heterocycles. The SMILES string of the molecule is NC(=O)[C@H]1CC(=O)N(c2ccc(N3CCCC3)c(Cl)c2)C1. The second kappa shape index (κ2) is 5.56. The van der Waals surface area contributed by atoms with Gasteiger partial charge in [-0.15, -0.1) is 0 Å². The van der Waals surface area contributed by atoms with E-state index in [1.807, 2.05) is 12.1 Å². The molecule has 2 saturated heterocycles. The van der Waals surface area contributed by atoms with Gasteiger partial charge in [0, 0.05) is 31.7 Å². The Hall–Kier alpha value is -1.75. The van der Waals surface area contributed by atoms with Gasteiger partial charge in [0.1, 0.15) is 0 Å². The molecule has 0 aliphatic carbocycles. The van der Waals surface area contributed by atoms with E-state index in [9.17, 15) is 9.59 Å². The summed E-state index contributed by atoms with van der Waals surface area (Å²) in [6, 6.07) is 5.64. The lowest BCUT2D eigenvalue weighted by molar-refractivity contribution is -0.123. The predicted molar refractivity (Wildman–Crippen MR) is 82.6 cm³/mol. The highest BCUT2D eigenvalue weighted by Crippen LogP contribution is 2.34. The first-order valence-electron chi connectivity index (χ1n) is 7.20. The minimum Gasteiger partial charge on any atom is -0.370 e. The fourth-order valence-electron chi connectivity index (χ4n) is 3.03. The Labute approximate surface area is 128 Å². The zero-order chi connectivity index (χ0) is 15.0. The molecule has 3 rings (SSSR count). The molecule has 0 bridgehead atoms. The maximum absolute atomic E-state index is 12.0. The van der Waals surface area contributed by atoms with Crippen molar-refractivity contribution in [2.75, 3.05) is 29.4 Å². The Kier molecular flexibility index (Phi) is 3.76. The third-order valence-corrected chi connectivity index (χ3v) is 4.52. The molecule has 0 saturated carbocycles.